The van der Waals surface area contributed by atoms with Crippen molar-refractivity contribution in [3.8, 4) is 0 Å². The van der Waals surface area contributed by atoms with E-state index in [9.17, 15) is 12.8 Å². The molecule has 2 aromatic rings. The smallest absolute Gasteiger partial charge is 0.318 e. The summed E-state index contributed by atoms with van der Waals surface area (Å²) in [7, 11) is -3.44. The van der Waals surface area contributed by atoms with Crippen LogP contribution in [0.4, 0.5) is 10.4 Å². The highest BCUT2D eigenvalue weighted by Crippen LogP contribution is 2.18. The summed E-state index contributed by atoms with van der Waals surface area (Å²) < 4.78 is 44.9. The minimum atomic E-state index is -3.44. The molecule has 0 unspecified atom stereocenters. The summed E-state index contributed by atoms with van der Waals surface area (Å²) >= 11 is 0. The van der Waals surface area contributed by atoms with Crippen LogP contribution in [0.2, 0.25) is 0 Å². The minimum absolute atomic E-state index is 0.131. The maximum Gasteiger partial charge on any atom is 0.318 e. The van der Waals surface area contributed by atoms with E-state index < -0.39 is 10.0 Å². The van der Waals surface area contributed by atoms with Gasteiger partial charge in [-0.05, 0) is 17.7 Å². The highest BCUT2D eigenvalue weighted by Gasteiger charge is 2.28. The molecule has 1 aromatic heterocycles. The first-order chi connectivity index (χ1) is 11.5. The average molecular weight is 354 g/mol. The Labute approximate surface area is 140 Å². The Morgan fingerprint density at radius 1 is 1.12 bits per heavy atom. The molecule has 3 rings (SSSR count). The van der Waals surface area contributed by atoms with Gasteiger partial charge in [0.1, 0.15) is 5.82 Å². The van der Waals surface area contributed by atoms with E-state index in [0.717, 1.165) is 0 Å². The van der Waals surface area contributed by atoms with Crippen molar-refractivity contribution < 1.29 is 17.2 Å². The lowest BCUT2D eigenvalue weighted by Gasteiger charge is -2.32. The Hall–Kier alpha value is -2.00. The predicted octanol–water partition coefficient (Wildman–Crippen LogP) is 1.42. The fourth-order valence-corrected chi connectivity index (χ4v) is 4.07. The van der Waals surface area contributed by atoms with Gasteiger partial charge in [0.05, 0.1) is 5.75 Å². The number of benzene rings is 1. The van der Waals surface area contributed by atoms with Crippen LogP contribution in [0.5, 0.6) is 0 Å². The number of rotatable bonds is 5. The van der Waals surface area contributed by atoms with Gasteiger partial charge in [-0.15, -0.1) is 5.10 Å². The third-order valence-electron chi connectivity index (χ3n) is 3.92. The van der Waals surface area contributed by atoms with E-state index in [1.807, 2.05) is 11.8 Å². The fourth-order valence-electron chi connectivity index (χ4n) is 2.56. The number of nitrogens with zero attached hydrogens (tertiary/aromatic N) is 4. The van der Waals surface area contributed by atoms with Gasteiger partial charge in [-0.2, -0.15) is 4.31 Å². The number of halogens is 1. The summed E-state index contributed by atoms with van der Waals surface area (Å²) in [6, 6.07) is 5.96. The molecule has 0 N–H and O–H groups in total. The van der Waals surface area contributed by atoms with E-state index in [1.54, 1.807) is 0 Å². The molecule has 0 atom stereocenters. The van der Waals surface area contributed by atoms with E-state index in [0.29, 0.717) is 50.1 Å². The van der Waals surface area contributed by atoms with Crippen molar-refractivity contribution in [2.24, 2.45) is 0 Å². The molecule has 0 aliphatic carbocycles. The minimum Gasteiger partial charge on any atom is -0.408 e. The number of aryl methyl sites for hydroxylation is 1. The molecule has 1 aliphatic rings. The highest BCUT2D eigenvalue weighted by atomic mass is 32.2. The van der Waals surface area contributed by atoms with Crippen molar-refractivity contribution in [3.63, 3.8) is 0 Å². The summed E-state index contributed by atoms with van der Waals surface area (Å²) in [4.78, 5) is 1.88. The molecule has 0 spiro atoms. The van der Waals surface area contributed by atoms with E-state index in [1.165, 1.54) is 28.6 Å². The zero-order chi connectivity index (χ0) is 17.2. The van der Waals surface area contributed by atoms with Crippen LogP contribution in [0.3, 0.4) is 0 Å². The number of hydrogen-bond acceptors (Lipinski definition) is 6. The third kappa shape index (κ3) is 3.73. The SMILES string of the molecule is CCc1nnc(N2CCN(S(=O)(=O)Cc3ccc(F)cc3)CC2)o1. The maximum absolute atomic E-state index is 12.9. The first kappa shape index (κ1) is 16.8. The van der Waals surface area contributed by atoms with Gasteiger partial charge >= 0.3 is 6.01 Å². The molecule has 24 heavy (non-hydrogen) atoms. The van der Waals surface area contributed by atoms with Crippen LogP contribution in [-0.4, -0.2) is 49.1 Å². The van der Waals surface area contributed by atoms with Gasteiger partial charge in [0.25, 0.3) is 0 Å². The van der Waals surface area contributed by atoms with E-state index >= 15 is 0 Å². The van der Waals surface area contributed by atoms with Crippen molar-refractivity contribution in [2.75, 3.05) is 31.1 Å². The lowest BCUT2D eigenvalue weighted by atomic mass is 10.2. The Bertz CT molecular complexity index is 783. The molecule has 1 saturated heterocycles. The van der Waals surface area contributed by atoms with Crippen LogP contribution in [0.1, 0.15) is 18.4 Å². The lowest BCUT2D eigenvalue weighted by molar-refractivity contribution is 0.368. The molecule has 7 nitrogen and oxygen atoms in total. The standard InChI is InChI=1S/C15H19FN4O3S/c1-2-14-17-18-15(23-14)19-7-9-20(10-8-19)24(21,22)11-12-3-5-13(16)6-4-12/h3-6H,2,7-11H2,1H3. The van der Waals surface area contributed by atoms with Crippen LogP contribution in [-0.2, 0) is 22.2 Å². The monoisotopic (exact) mass is 354 g/mol. The average Bonchev–Trinajstić information content (AvgIpc) is 3.06. The van der Waals surface area contributed by atoms with E-state index in [2.05, 4.69) is 10.2 Å². The summed E-state index contributed by atoms with van der Waals surface area (Å²) in [6.45, 7) is 3.62. The van der Waals surface area contributed by atoms with Crippen LogP contribution >= 0.6 is 0 Å². The summed E-state index contributed by atoms with van der Waals surface area (Å²) in [6.07, 6.45) is 0.666. The highest BCUT2D eigenvalue weighted by molar-refractivity contribution is 7.88. The van der Waals surface area contributed by atoms with Crippen molar-refractivity contribution in [2.45, 2.75) is 19.1 Å². The second-order valence-electron chi connectivity index (χ2n) is 5.60. The van der Waals surface area contributed by atoms with Gasteiger partial charge < -0.3 is 9.32 Å². The zero-order valence-electron chi connectivity index (χ0n) is 13.4. The summed E-state index contributed by atoms with van der Waals surface area (Å²) in [5.74, 6) is 0.0560. The molecular weight excluding hydrogens is 335 g/mol. The molecule has 9 heteroatoms. The van der Waals surface area contributed by atoms with Crippen LogP contribution in [0.25, 0.3) is 0 Å². The zero-order valence-corrected chi connectivity index (χ0v) is 14.2. The number of piperazine rings is 1. The molecular formula is C15H19FN4O3S. The van der Waals surface area contributed by atoms with Gasteiger partial charge in [0.2, 0.25) is 15.9 Å². The Kier molecular flexibility index (Phi) is 4.81. The number of aromatic nitrogens is 2. The van der Waals surface area contributed by atoms with Gasteiger partial charge in [-0.1, -0.05) is 24.2 Å². The van der Waals surface area contributed by atoms with Crippen LogP contribution < -0.4 is 4.90 Å². The molecule has 1 aromatic carbocycles. The quantitative estimate of drug-likeness (QED) is 0.808. The first-order valence-corrected chi connectivity index (χ1v) is 9.38. The normalized spacial score (nSPS) is 16.5. The molecule has 0 saturated carbocycles. The molecule has 130 valence electrons. The second kappa shape index (κ2) is 6.86. The Morgan fingerprint density at radius 3 is 2.38 bits per heavy atom. The van der Waals surface area contributed by atoms with E-state index in [4.69, 9.17) is 4.42 Å². The molecule has 1 aliphatic heterocycles. The first-order valence-electron chi connectivity index (χ1n) is 7.77. The van der Waals surface area contributed by atoms with Crippen molar-refractivity contribution in [3.05, 3.63) is 41.5 Å². The van der Waals surface area contributed by atoms with E-state index in [-0.39, 0.29) is 11.6 Å². The summed E-state index contributed by atoms with van der Waals surface area (Å²) in [5.41, 5.74) is 0.573. The van der Waals surface area contributed by atoms with Crippen molar-refractivity contribution in [1.82, 2.24) is 14.5 Å². The summed E-state index contributed by atoms with van der Waals surface area (Å²) in [5, 5.41) is 7.90. The second-order valence-corrected chi connectivity index (χ2v) is 7.57. The fraction of sp³-hybridized carbons (Fsp3) is 0.467. The van der Waals surface area contributed by atoms with Gasteiger partial charge in [-0.25, -0.2) is 12.8 Å². The molecule has 0 bridgehead atoms. The van der Waals surface area contributed by atoms with Gasteiger partial charge in [0.15, 0.2) is 0 Å². The van der Waals surface area contributed by atoms with Crippen LogP contribution in [0, 0.1) is 5.82 Å². The third-order valence-corrected chi connectivity index (χ3v) is 5.77. The Morgan fingerprint density at radius 2 is 1.79 bits per heavy atom. The molecule has 1 fully saturated rings. The van der Waals surface area contributed by atoms with Crippen LogP contribution in [0.15, 0.2) is 28.7 Å². The molecule has 0 radical (unpaired) electrons. The maximum atomic E-state index is 12.9. The number of hydrogen-bond donors (Lipinski definition) is 0. The molecule has 2 heterocycles. The lowest BCUT2D eigenvalue weighted by Crippen LogP contribution is -2.49. The molecule has 0 amide bonds. The van der Waals surface area contributed by atoms with Crippen molar-refractivity contribution >= 4 is 16.0 Å². The Balaban J connectivity index is 1.61. The van der Waals surface area contributed by atoms with Gasteiger partial charge in [0, 0.05) is 32.6 Å². The topological polar surface area (TPSA) is 79.5 Å². The van der Waals surface area contributed by atoms with Gasteiger partial charge in [-0.3, -0.25) is 0 Å². The number of anilines is 1. The van der Waals surface area contributed by atoms with Crippen molar-refractivity contribution in [1.29, 1.82) is 0 Å². The largest absolute Gasteiger partial charge is 0.408 e. The number of sulfonamides is 1. The predicted molar refractivity (Wildman–Crippen MR) is 86.5 cm³/mol.